The first-order chi connectivity index (χ1) is 19.2. The fraction of sp³-hybridized carbons (Fsp3) is 0.219. The van der Waals surface area contributed by atoms with E-state index in [1.807, 2.05) is 88.1 Å². The van der Waals surface area contributed by atoms with Crippen molar-refractivity contribution in [3.63, 3.8) is 0 Å². The first-order valence-electron chi connectivity index (χ1n) is 13.2. The summed E-state index contributed by atoms with van der Waals surface area (Å²) in [4.78, 5) is 16.0. The molecule has 0 spiro atoms. The van der Waals surface area contributed by atoms with Gasteiger partial charge in [0.1, 0.15) is 11.6 Å². The number of nitrogens with two attached hydrogens (primary N) is 1. The Hall–Kier alpha value is -4.54. The second kappa shape index (κ2) is 9.58. The molecule has 200 valence electrons. The number of carbonyl (C=O) groups is 1. The molecule has 1 aliphatic heterocycles. The summed E-state index contributed by atoms with van der Waals surface area (Å²) in [5, 5.41) is 16.2. The molecule has 3 heterocycles. The zero-order valence-electron chi connectivity index (χ0n) is 22.6. The number of nitriles is 1. The van der Waals surface area contributed by atoms with Crippen LogP contribution in [0.4, 0.5) is 5.69 Å². The minimum absolute atomic E-state index is 0.0146. The Morgan fingerprint density at radius 2 is 1.68 bits per heavy atom. The predicted molar refractivity (Wildman–Crippen MR) is 156 cm³/mol. The van der Waals surface area contributed by atoms with Crippen LogP contribution in [0.3, 0.4) is 0 Å². The number of nitrogens with zero attached hydrogens (tertiary/aromatic N) is 5. The molecule has 8 heteroatoms. The van der Waals surface area contributed by atoms with Crippen LogP contribution in [0.1, 0.15) is 43.9 Å². The van der Waals surface area contributed by atoms with Crippen LogP contribution in [0.2, 0.25) is 5.02 Å². The maximum atomic E-state index is 14.1. The van der Waals surface area contributed by atoms with Crippen molar-refractivity contribution in [1.29, 1.82) is 5.26 Å². The molecule has 0 bridgehead atoms. The summed E-state index contributed by atoms with van der Waals surface area (Å²) in [6.07, 6.45) is 4.89. The number of ketones is 1. The lowest BCUT2D eigenvalue weighted by molar-refractivity contribution is -0.118. The van der Waals surface area contributed by atoms with E-state index < -0.39 is 5.92 Å². The fourth-order valence-electron chi connectivity index (χ4n) is 6.02. The first-order valence-corrected chi connectivity index (χ1v) is 13.6. The molecule has 0 radical (unpaired) electrons. The maximum Gasteiger partial charge on any atom is 0.162 e. The van der Waals surface area contributed by atoms with E-state index in [-0.39, 0.29) is 11.2 Å². The maximum absolute atomic E-state index is 14.1. The third-order valence-corrected chi connectivity index (χ3v) is 7.94. The number of halogens is 1. The lowest BCUT2D eigenvalue weighted by atomic mass is 9.68. The number of aromatic nitrogens is 3. The highest BCUT2D eigenvalue weighted by Gasteiger charge is 2.46. The van der Waals surface area contributed by atoms with Crippen LogP contribution in [0, 0.1) is 23.7 Å². The van der Waals surface area contributed by atoms with E-state index in [0.717, 1.165) is 34.1 Å². The molecule has 40 heavy (non-hydrogen) atoms. The Kier molecular flexibility index (Phi) is 6.16. The zero-order chi connectivity index (χ0) is 28.2. The Balaban J connectivity index is 1.67. The van der Waals surface area contributed by atoms with Crippen LogP contribution in [0.15, 0.2) is 102 Å². The number of carbonyl (C=O) groups excluding carboxylic acids is 1. The van der Waals surface area contributed by atoms with Gasteiger partial charge in [-0.05, 0) is 67.3 Å². The molecule has 1 aliphatic carbocycles. The number of Topliss-reactive ketones (excluding diaryl/α,β-unsaturated/α-hetero) is 1. The number of hydrogen-bond donors (Lipinski definition) is 1. The van der Waals surface area contributed by atoms with Gasteiger partial charge in [0.2, 0.25) is 0 Å². The van der Waals surface area contributed by atoms with E-state index in [0.29, 0.717) is 34.8 Å². The van der Waals surface area contributed by atoms with Crippen molar-refractivity contribution in [3.05, 3.63) is 118 Å². The highest BCUT2D eigenvalue weighted by atomic mass is 35.5. The van der Waals surface area contributed by atoms with Crippen molar-refractivity contribution < 1.29 is 4.79 Å². The number of anilines is 1. The molecule has 4 aromatic rings. The summed E-state index contributed by atoms with van der Waals surface area (Å²) in [5.74, 6) is 0.427. The van der Waals surface area contributed by atoms with Crippen molar-refractivity contribution in [3.8, 4) is 17.6 Å². The summed E-state index contributed by atoms with van der Waals surface area (Å²) in [7, 11) is 0. The van der Waals surface area contributed by atoms with E-state index in [2.05, 4.69) is 19.9 Å². The minimum Gasteiger partial charge on any atom is -0.384 e. The molecule has 6 rings (SSSR count). The summed E-state index contributed by atoms with van der Waals surface area (Å²) in [6.45, 7) is 6.11. The van der Waals surface area contributed by atoms with Crippen LogP contribution < -0.4 is 10.6 Å². The Labute approximate surface area is 238 Å². The van der Waals surface area contributed by atoms with Crippen LogP contribution >= 0.6 is 11.6 Å². The number of hydrogen-bond acceptors (Lipinski definition) is 5. The first kappa shape index (κ1) is 25.7. The number of aryl methyl sites for hydroxylation is 1. The molecule has 2 aliphatic rings. The van der Waals surface area contributed by atoms with Crippen LogP contribution in [-0.2, 0) is 4.79 Å². The minimum atomic E-state index is -0.665. The van der Waals surface area contributed by atoms with E-state index in [1.54, 1.807) is 12.1 Å². The molecular weight excluding hydrogens is 520 g/mol. The molecule has 1 atom stereocenters. The Bertz CT molecular complexity index is 1720. The molecule has 2 N–H and O–H groups in total. The smallest absolute Gasteiger partial charge is 0.162 e. The van der Waals surface area contributed by atoms with Gasteiger partial charge in [0.05, 0.1) is 28.9 Å². The summed E-state index contributed by atoms with van der Waals surface area (Å²) >= 11 is 6.20. The van der Waals surface area contributed by atoms with Crippen molar-refractivity contribution in [1.82, 2.24) is 14.3 Å². The summed E-state index contributed by atoms with van der Waals surface area (Å²) < 4.78 is 3.86. The molecule has 2 aromatic carbocycles. The Morgan fingerprint density at radius 3 is 2.33 bits per heavy atom. The molecule has 7 nitrogen and oxygen atoms in total. The van der Waals surface area contributed by atoms with Crippen LogP contribution in [0.25, 0.3) is 11.5 Å². The highest BCUT2D eigenvalue weighted by Crippen LogP contribution is 2.51. The quantitative estimate of drug-likeness (QED) is 0.311. The van der Waals surface area contributed by atoms with Crippen molar-refractivity contribution in [2.24, 2.45) is 11.1 Å². The zero-order valence-corrected chi connectivity index (χ0v) is 23.4. The van der Waals surface area contributed by atoms with Gasteiger partial charge < -0.3 is 10.3 Å². The number of benzene rings is 2. The highest BCUT2D eigenvalue weighted by molar-refractivity contribution is 6.30. The van der Waals surface area contributed by atoms with E-state index in [9.17, 15) is 10.1 Å². The fourth-order valence-corrected chi connectivity index (χ4v) is 6.15. The van der Waals surface area contributed by atoms with Crippen molar-refractivity contribution in [2.45, 2.75) is 39.5 Å². The third kappa shape index (κ3) is 4.12. The lowest BCUT2D eigenvalue weighted by Gasteiger charge is -2.43. The molecule has 0 saturated carbocycles. The van der Waals surface area contributed by atoms with Gasteiger partial charge >= 0.3 is 0 Å². The molecular formula is C32H29ClN6O. The van der Waals surface area contributed by atoms with Crippen LogP contribution in [-0.4, -0.2) is 20.1 Å². The van der Waals surface area contributed by atoms with Gasteiger partial charge in [0.25, 0.3) is 0 Å². The second-order valence-corrected chi connectivity index (χ2v) is 11.6. The number of rotatable bonds is 4. The molecule has 0 fully saturated rings. The molecule has 0 saturated heterocycles. The monoisotopic (exact) mass is 548 g/mol. The van der Waals surface area contributed by atoms with Gasteiger partial charge in [0, 0.05) is 46.4 Å². The van der Waals surface area contributed by atoms with Gasteiger partial charge in [-0.25, -0.2) is 4.68 Å². The van der Waals surface area contributed by atoms with Gasteiger partial charge in [-0.1, -0.05) is 43.6 Å². The Morgan fingerprint density at radius 1 is 1.00 bits per heavy atom. The topological polar surface area (TPSA) is 92.9 Å². The van der Waals surface area contributed by atoms with E-state index in [4.69, 9.17) is 22.4 Å². The number of allylic oxidation sites excluding steroid dienone is 3. The van der Waals surface area contributed by atoms with E-state index in [1.165, 1.54) is 0 Å². The largest absolute Gasteiger partial charge is 0.384 e. The van der Waals surface area contributed by atoms with E-state index >= 15 is 0 Å². The number of para-hydroxylation sites is 1. The van der Waals surface area contributed by atoms with Gasteiger partial charge in [-0.15, -0.1) is 0 Å². The summed E-state index contributed by atoms with van der Waals surface area (Å²) in [6, 6.07) is 23.4. The molecule has 2 aromatic heterocycles. The van der Waals surface area contributed by atoms with Crippen molar-refractivity contribution in [2.75, 3.05) is 4.90 Å². The molecule has 0 amide bonds. The van der Waals surface area contributed by atoms with Gasteiger partial charge in [-0.2, -0.15) is 10.4 Å². The average Bonchev–Trinajstić information content (AvgIpc) is 3.56. The van der Waals surface area contributed by atoms with Gasteiger partial charge in [-0.3, -0.25) is 9.69 Å². The van der Waals surface area contributed by atoms with Gasteiger partial charge in [0.15, 0.2) is 5.78 Å². The standard InChI is InChI=1S/C32H29ClN6O/c1-20-27(31(37-15-7-8-16-37)39(36-20)23-9-5-4-6-10-23)28-24(19-34)30(35)38(22-13-11-21(33)12-14-22)25-17-32(2,3)18-26(40)29(25)28/h4-16,28H,17-18,35H2,1-3H3. The lowest BCUT2D eigenvalue weighted by Crippen LogP contribution is -2.42. The van der Waals surface area contributed by atoms with Crippen LogP contribution in [0.5, 0.6) is 0 Å². The molecule has 1 unspecified atom stereocenters. The second-order valence-electron chi connectivity index (χ2n) is 11.1. The SMILES string of the molecule is Cc1nn(-c2ccccc2)c(-n2cccc2)c1C1C(C#N)=C(N)N(c2ccc(Cl)cc2)C2=C1C(=O)CC(C)(C)C2. The normalized spacial score (nSPS) is 18.6. The summed E-state index contributed by atoms with van der Waals surface area (Å²) in [5.41, 5.74) is 11.5. The third-order valence-electron chi connectivity index (χ3n) is 7.69. The van der Waals surface area contributed by atoms with Crippen molar-refractivity contribution >= 4 is 23.1 Å². The average molecular weight is 549 g/mol. The predicted octanol–water partition coefficient (Wildman–Crippen LogP) is 6.57.